The predicted octanol–water partition coefficient (Wildman–Crippen LogP) is 7.40. The van der Waals surface area contributed by atoms with Gasteiger partial charge in [0.05, 0.1) is 19.2 Å². The summed E-state index contributed by atoms with van der Waals surface area (Å²) in [6.07, 6.45) is 0. The van der Waals surface area contributed by atoms with Crippen molar-refractivity contribution in [2.45, 2.75) is 13.2 Å². The van der Waals surface area contributed by atoms with Gasteiger partial charge in [0.2, 0.25) is 4.77 Å². The van der Waals surface area contributed by atoms with Crippen LogP contribution < -0.4 is 14.9 Å². The molecule has 0 bridgehead atoms. The van der Waals surface area contributed by atoms with Crippen molar-refractivity contribution in [2.24, 2.45) is 0 Å². The van der Waals surface area contributed by atoms with Crippen LogP contribution >= 0.6 is 35.4 Å². The van der Waals surface area contributed by atoms with Crippen molar-refractivity contribution in [3.8, 4) is 22.9 Å². The Bertz CT molecular complexity index is 1580. The maximum atomic E-state index is 6.36. The molecule has 4 aromatic carbocycles. The molecule has 1 aromatic heterocycles. The van der Waals surface area contributed by atoms with E-state index in [4.69, 9.17) is 44.9 Å². The molecule has 0 atom stereocenters. The van der Waals surface area contributed by atoms with Gasteiger partial charge in [-0.1, -0.05) is 71.7 Å². The zero-order valence-corrected chi connectivity index (χ0v) is 21.6. The molecule has 0 amide bonds. The van der Waals surface area contributed by atoms with Crippen LogP contribution in [0.3, 0.4) is 0 Å². The number of fused-ring (bicyclic) bond motifs is 1. The molecule has 6 nitrogen and oxygen atoms in total. The molecule has 0 aliphatic rings. The van der Waals surface area contributed by atoms with Crippen molar-refractivity contribution in [1.82, 2.24) is 14.9 Å². The summed E-state index contributed by atoms with van der Waals surface area (Å²) in [4.78, 5) is 0. The van der Waals surface area contributed by atoms with Gasteiger partial charge in [0.15, 0.2) is 5.82 Å². The molecular formula is C27H22Cl2N4O2S. The molecule has 0 saturated carbocycles. The lowest BCUT2D eigenvalue weighted by Crippen LogP contribution is -2.17. The number of nitrogens with one attached hydrogen (secondary N) is 2. The van der Waals surface area contributed by atoms with E-state index < -0.39 is 0 Å². The van der Waals surface area contributed by atoms with Crippen LogP contribution in [-0.4, -0.2) is 22.0 Å². The maximum absolute atomic E-state index is 6.36. The molecule has 0 radical (unpaired) electrons. The number of hydrogen-bond donors (Lipinski definition) is 2. The Labute approximate surface area is 223 Å². The minimum absolute atomic E-state index is 0.238. The highest BCUT2D eigenvalue weighted by molar-refractivity contribution is 7.71. The van der Waals surface area contributed by atoms with Gasteiger partial charge in [0, 0.05) is 21.2 Å². The molecule has 2 N–H and O–H groups in total. The number of hydrogen-bond acceptors (Lipinski definition) is 5. The Morgan fingerprint density at radius 1 is 0.889 bits per heavy atom. The monoisotopic (exact) mass is 536 g/mol. The van der Waals surface area contributed by atoms with Gasteiger partial charge in [-0.2, -0.15) is 5.10 Å². The van der Waals surface area contributed by atoms with Crippen LogP contribution in [0.4, 0.5) is 0 Å². The van der Waals surface area contributed by atoms with E-state index in [0.29, 0.717) is 38.7 Å². The Morgan fingerprint density at radius 3 is 2.44 bits per heavy atom. The molecule has 1 heterocycles. The molecule has 0 aliphatic heterocycles. The number of ether oxygens (including phenoxy) is 2. The SMILES string of the molecule is COc1ccccc1-c1n[nH]c(=S)n1NCc1c(OCc2c(Cl)cccc2Cl)ccc2ccccc12. The van der Waals surface area contributed by atoms with Crippen LogP contribution in [0, 0.1) is 4.77 Å². The molecule has 0 unspecified atom stereocenters. The minimum Gasteiger partial charge on any atom is -0.496 e. The average Bonchev–Trinajstić information content (AvgIpc) is 3.27. The first-order valence-corrected chi connectivity index (χ1v) is 12.3. The summed E-state index contributed by atoms with van der Waals surface area (Å²) in [6, 6.07) is 25.2. The van der Waals surface area contributed by atoms with Crippen LogP contribution in [0.5, 0.6) is 11.5 Å². The highest BCUT2D eigenvalue weighted by Gasteiger charge is 2.16. The molecule has 36 heavy (non-hydrogen) atoms. The van der Waals surface area contributed by atoms with Crippen molar-refractivity contribution >= 4 is 46.2 Å². The van der Waals surface area contributed by atoms with E-state index in [0.717, 1.165) is 27.5 Å². The number of aromatic nitrogens is 3. The first-order chi connectivity index (χ1) is 17.6. The Kier molecular flexibility index (Phi) is 7.13. The standard InChI is InChI=1S/C27H22Cl2N4O2S/c1-34-24-12-5-4-9-19(24)26-31-32-27(36)33(26)30-15-20-18-8-3-2-7-17(18)13-14-25(20)35-16-21-22(28)10-6-11-23(21)29/h2-14,30H,15-16H2,1H3,(H,32,36). The van der Waals surface area contributed by atoms with E-state index in [1.54, 1.807) is 23.9 Å². The van der Waals surface area contributed by atoms with Gasteiger partial charge in [-0.25, -0.2) is 9.77 Å². The van der Waals surface area contributed by atoms with E-state index in [1.807, 2.05) is 54.6 Å². The predicted molar refractivity (Wildman–Crippen MR) is 147 cm³/mol. The fourth-order valence-electron chi connectivity index (χ4n) is 4.07. The van der Waals surface area contributed by atoms with E-state index >= 15 is 0 Å². The Hall–Kier alpha value is -3.52. The summed E-state index contributed by atoms with van der Waals surface area (Å²) in [7, 11) is 1.63. The lowest BCUT2D eigenvalue weighted by molar-refractivity contribution is 0.304. The van der Waals surface area contributed by atoms with Gasteiger partial charge < -0.3 is 14.9 Å². The average molecular weight is 537 g/mol. The third-order valence-corrected chi connectivity index (χ3v) is 6.85. The lowest BCUT2D eigenvalue weighted by Gasteiger charge is -2.17. The second-order valence-electron chi connectivity index (χ2n) is 7.98. The van der Waals surface area contributed by atoms with Crippen LogP contribution in [0.15, 0.2) is 78.9 Å². The van der Waals surface area contributed by atoms with Crippen LogP contribution in [0.2, 0.25) is 10.0 Å². The van der Waals surface area contributed by atoms with Crippen LogP contribution in [0.1, 0.15) is 11.1 Å². The second kappa shape index (κ2) is 10.6. The van der Waals surface area contributed by atoms with Gasteiger partial charge in [-0.05, 0) is 53.3 Å². The molecule has 0 fully saturated rings. The molecule has 5 aromatic rings. The third-order valence-electron chi connectivity index (χ3n) is 5.87. The Balaban J connectivity index is 1.50. The van der Waals surface area contributed by atoms with Gasteiger partial charge >= 0.3 is 0 Å². The number of methoxy groups -OCH3 is 1. The zero-order chi connectivity index (χ0) is 25.1. The summed E-state index contributed by atoms with van der Waals surface area (Å²) in [5, 5.41) is 10.6. The molecule has 5 rings (SSSR count). The van der Waals surface area contributed by atoms with E-state index in [1.165, 1.54) is 0 Å². The van der Waals surface area contributed by atoms with Gasteiger partial charge in [-0.15, -0.1) is 0 Å². The summed E-state index contributed by atoms with van der Waals surface area (Å²) in [5.74, 6) is 2.02. The summed E-state index contributed by atoms with van der Waals surface area (Å²) >= 11 is 18.3. The van der Waals surface area contributed by atoms with Crippen LogP contribution in [-0.2, 0) is 13.2 Å². The largest absolute Gasteiger partial charge is 0.496 e. The van der Waals surface area contributed by atoms with E-state index in [9.17, 15) is 0 Å². The molecule has 0 aliphatic carbocycles. The zero-order valence-electron chi connectivity index (χ0n) is 19.3. The summed E-state index contributed by atoms with van der Waals surface area (Å²) < 4.78 is 14.0. The molecule has 0 spiro atoms. The van der Waals surface area contributed by atoms with Gasteiger partial charge in [-0.3, -0.25) is 0 Å². The fourth-order valence-corrected chi connectivity index (χ4v) is 4.77. The highest BCUT2D eigenvalue weighted by Crippen LogP contribution is 2.32. The van der Waals surface area contributed by atoms with E-state index in [2.05, 4.69) is 27.8 Å². The smallest absolute Gasteiger partial charge is 0.214 e. The topological polar surface area (TPSA) is 64.1 Å². The van der Waals surface area contributed by atoms with Gasteiger partial charge in [0.25, 0.3) is 0 Å². The number of rotatable bonds is 8. The quantitative estimate of drug-likeness (QED) is 0.202. The van der Waals surface area contributed by atoms with Crippen molar-refractivity contribution in [3.63, 3.8) is 0 Å². The van der Waals surface area contributed by atoms with Crippen molar-refractivity contribution < 1.29 is 9.47 Å². The number of H-pyrrole nitrogens is 1. The summed E-state index contributed by atoms with van der Waals surface area (Å²) in [6.45, 7) is 0.657. The Morgan fingerprint density at radius 2 is 1.64 bits per heavy atom. The van der Waals surface area contributed by atoms with Gasteiger partial charge in [0.1, 0.15) is 18.1 Å². The molecule has 0 saturated heterocycles. The normalized spacial score (nSPS) is 11.0. The van der Waals surface area contributed by atoms with Crippen molar-refractivity contribution in [2.75, 3.05) is 12.5 Å². The summed E-state index contributed by atoms with van der Waals surface area (Å²) in [5.41, 5.74) is 5.92. The first-order valence-electron chi connectivity index (χ1n) is 11.2. The van der Waals surface area contributed by atoms with E-state index in [-0.39, 0.29) is 6.61 Å². The first kappa shape index (κ1) is 24.2. The second-order valence-corrected chi connectivity index (χ2v) is 9.18. The maximum Gasteiger partial charge on any atom is 0.214 e. The number of nitrogens with zero attached hydrogens (tertiary/aromatic N) is 2. The minimum atomic E-state index is 0.238. The molecular weight excluding hydrogens is 515 g/mol. The fraction of sp³-hybridized carbons (Fsp3) is 0.111. The molecule has 182 valence electrons. The number of para-hydroxylation sites is 1. The van der Waals surface area contributed by atoms with Crippen molar-refractivity contribution in [1.29, 1.82) is 0 Å². The number of halogens is 2. The lowest BCUT2D eigenvalue weighted by atomic mass is 10.0. The number of aromatic amines is 1. The number of benzene rings is 4. The van der Waals surface area contributed by atoms with Crippen LogP contribution in [0.25, 0.3) is 22.2 Å². The highest BCUT2D eigenvalue weighted by atomic mass is 35.5. The molecule has 9 heteroatoms. The third kappa shape index (κ3) is 4.78. The van der Waals surface area contributed by atoms with Crippen molar-refractivity contribution in [3.05, 3.63) is 105 Å².